The number of aliphatic hydroxyl groups excluding tert-OH is 1. The largest absolute Gasteiger partial charge is 0.465 e. The molecule has 0 amide bonds. The second-order valence-electron chi connectivity index (χ2n) is 4.75. The highest BCUT2D eigenvalue weighted by Gasteiger charge is 2.50. The monoisotopic (exact) mass is 281 g/mol. The van der Waals surface area contributed by atoms with Gasteiger partial charge in [-0.05, 0) is 37.3 Å². The van der Waals surface area contributed by atoms with Gasteiger partial charge in [-0.1, -0.05) is 24.3 Å². The Balaban J connectivity index is 2.38. The van der Waals surface area contributed by atoms with Gasteiger partial charge in [0.1, 0.15) is 11.5 Å². The molecule has 1 aliphatic carbocycles. The van der Waals surface area contributed by atoms with Crippen LogP contribution in [0, 0.1) is 11.5 Å². The summed E-state index contributed by atoms with van der Waals surface area (Å²) in [5.41, 5.74) is 0.827. The minimum absolute atomic E-state index is 0.105. The number of aliphatic hydroxyl groups is 1. The van der Waals surface area contributed by atoms with Crippen LogP contribution in [0.2, 0.25) is 0 Å². The number of benzene rings is 1. The lowest BCUT2D eigenvalue weighted by atomic mass is 9.67. The van der Waals surface area contributed by atoms with Gasteiger partial charge in [0.05, 0.1) is 6.61 Å². The van der Waals surface area contributed by atoms with E-state index < -0.39 is 5.41 Å². The number of hydrogen-bond acceptors (Lipinski definition) is 3. The smallest absolute Gasteiger partial charge is 0.315 e. The van der Waals surface area contributed by atoms with Crippen LogP contribution < -0.4 is 0 Å². The van der Waals surface area contributed by atoms with Crippen LogP contribution in [0.5, 0.6) is 0 Å². The molecule has 1 N–H and O–H groups in total. The number of halogens is 1. The van der Waals surface area contributed by atoms with Gasteiger partial charge in [0.25, 0.3) is 0 Å². The second-order valence-corrected chi connectivity index (χ2v) is 5.13. The number of carbonyl (C=O) groups is 1. The van der Waals surface area contributed by atoms with Gasteiger partial charge >= 0.3 is 5.97 Å². The lowest BCUT2D eigenvalue weighted by molar-refractivity contribution is -0.157. The van der Waals surface area contributed by atoms with E-state index in [1.165, 1.54) is 0 Å². The predicted octanol–water partition coefficient (Wildman–Crippen LogP) is 3.06. The van der Waals surface area contributed by atoms with Gasteiger partial charge in [-0.3, -0.25) is 4.79 Å². The fourth-order valence-electron chi connectivity index (χ4n) is 2.67. The van der Waals surface area contributed by atoms with Gasteiger partial charge in [-0.25, -0.2) is 0 Å². The SMILES string of the molecule is CCOC(=O)C1(CCCl)CCc2ccccc2[C]1O. The average Bonchev–Trinajstić information content (AvgIpc) is 2.43. The first kappa shape index (κ1) is 14.4. The van der Waals surface area contributed by atoms with Gasteiger partial charge in [-0.2, -0.15) is 0 Å². The molecule has 0 heterocycles. The molecule has 0 saturated carbocycles. The van der Waals surface area contributed by atoms with Crippen molar-refractivity contribution in [2.75, 3.05) is 12.5 Å². The molecule has 0 aliphatic heterocycles. The summed E-state index contributed by atoms with van der Waals surface area (Å²) in [5.74, 6) is -0.0620. The molecule has 0 saturated heterocycles. The minimum atomic E-state index is -0.980. The summed E-state index contributed by atoms with van der Waals surface area (Å²) in [5, 5.41) is 10.6. The Morgan fingerprint density at radius 3 is 2.89 bits per heavy atom. The first-order chi connectivity index (χ1) is 9.15. The van der Waals surface area contributed by atoms with Crippen LogP contribution in [0.4, 0.5) is 0 Å². The summed E-state index contributed by atoms with van der Waals surface area (Å²) in [4.78, 5) is 12.3. The van der Waals surface area contributed by atoms with Gasteiger partial charge in [0.15, 0.2) is 0 Å². The summed E-state index contributed by atoms with van der Waals surface area (Å²) in [6.45, 7) is 2.07. The minimum Gasteiger partial charge on any atom is -0.465 e. The van der Waals surface area contributed by atoms with Crippen molar-refractivity contribution in [3.63, 3.8) is 0 Å². The molecule has 1 unspecified atom stereocenters. The van der Waals surface area contributed by atoms with E-state index in [1.807, 2.05) is 24.3 Å². The average molecular weight is 282 g/mol. The van der Waals surface area contributed by atoms with Gasteiger partial charge in [0, 0.05) is 5.88 Å². The highest BCUT2D eigenvalue weighted by molar-refractivity contribution is 6.18. The van der Waals surface area contributed by atoms with E-state index in [2.05, 4.69) is 0 Å². The van der Waals surface area contributed by atoms with Crippen LogP contribution in [0.15, 0.2) is 24.3 Å². The maximum atomic E-state index is 12.3. The van der Waals surface area contributed by atoms with Crippen molar-refractivity contribution < 1.29 is 14.6 Å². The standard InChI is InChI=1S/C15H18ClO3/c1-2-19-14(18)15(9-10-16)8-7-11-5-3-4-6-12(11)13(15)17/h3-6,17H,2,7-10H2,1H3. The summed E-state index contributed by atoms with van der Waals surface area (Å²) < 4.78 is 5.14. The molecule has 19 heavy (non-hydrogen) atoms. The maximum Gasteiger partial charge on any atom is 0.315 e. The van der Waals surface area contributed by atoms with Gasteiger partial charge in [-0.15, -0.1) is 11.6 Å². The van der Waals surface area contributed by atoms with Crippen molar-refractivity contribution in [3.8, 4) is 0 Å². The summed E-state index contributed by atoms with van der Waals surface area (Å²) in [7, 11) is 0. The molecular formula is C15H18ClO3. The summed E-state index contributed by atoms with van der Waals surface area (Å²) >= 11 is 5.83. The zero-order valence-corrected chi connectivity index (χ0v) is 11.7. The number of alkyl halides is 1. The lowest BCUT2D eigenvalue weighted by Gasteiger charge is -2.39. The number of esters is 1. The normalized spacial score (nSPS) is 22.9. The third-order valence-electron chi connectivity index (χ3n) is 3.73. The van der Waals surface area contributed by atoms with E-state index >= 15 is 0 Å². The molecule has 0 aromatic heterocycles. The maximum absolute atomic E-state index is 12.3. The Bertz CT molecular complexity index is 460. The molecule has 3 nitrogen and oxygen atoms in total. The van der Waals surface area contributed by atoms with E-state index in [-0.39, 0.29) is 12.1 Å². The molecule has 0 spiro atoms. The van der Waals surface area contributed by atoms with E-state index in [0.717, 1.165) is 17.5 Å². The molecular weight excluding hydrogens is 264 g/mol. The Morgan fingerprint density at radius 2 is 2.21 bits per heavy atom. The zero-order chi connectivity index (χ0) is 13.9. The second kappa shape index (κ2) is 5.93. The molecule has 1 radical (unpaired) electrons. The molecule has 103 valence electrons. The number of ether oxygens (including phenoxy) is 1. The topological polar surface area (TPSA) is 46.5 Å². The Kier molecular flexibility index (Phi) is 4.48. The number of hydrogen-bond donors (Lipinski definition) is 1. The lowest BCUT2D eigenvalue weighted by Crippen LogP contribution is -2.43. The Hall–Kier alpha value is -1.06. The fourth-order valence-corrected chi connectivity index (χ4v) is 2.99. The number of aryl methyl sites for hydroxylation is 1. The van der Waals surface area contributed by atoms with Crippen molar-refractivity contribution in [3.05, 3.63) is 41.5 Å². The number of rotatable bonds is 4. The fraction of sp³-hybridized carbons (Fsp3) is 0.467. The highest BCUT2D eigenvalue weighted by atomic mass is 35.5. The first-order valence-electron chi connectivity index (χ1n) is 6.53. The van der Waals surface area contributed by atoms with Crippen molar-refractivity contribution >= 4 is 17.6 Å². The van der Waals surface area contributed by atoms with Crippen LogP contribution in [-0.2, 0) is 16.0 Å². The molecule has 0 fully saturated rings. The highest BCUT2D eigenvalue weighted by Crippen LogP contribution is 2.46. The summed E-state index contributed by atoms with van der Waals surface area (Å²) in [6, 6.07) is 7.61. The first-order valence-corrected chi connectivity index (χ1v) is 7.07. The quantitative estimate of drug-likeness (QED) is 0.681. The zero-order valence-electron chi connectivity index (χ0n) is 11.0. The third kappa shape index (κ3) is 2.49. The van der Waals surface area contributed by atoms with Gasteiger partial charge < -0.3 is 9.84 Å². The molecule has 1 aromatic carbocycles. The van der Waals surface area contributed by atoms with E-state index in [4.69, 9.17) is 16.3 Å². The van der Waals surface area contributed by atoms with Crippen LogP contribution in [-0.4, -0.2) is 23.6 Å². The Labute approximate surface area is 118 Å². The van der Waals surface area contributed by atoms with Crippen LogP contribution in [0.3, 0.4) is 0 Å². The van der Waals surface area contributed by atoms with Crippen LogP contribution >= 0.6 is 11.6 Å². The van der Waals surface area contributed by atoms with Crippen molar-refractivity contribution in [1.82, 2.24) is 0 Å². The Morgan fingerprint density at radius 1 is 1.47 bits per heavy atom. The van der Waals surface area contributed by atoms with Crippen molar-refractivity contribution in [2.24, 2.45) is 5.41 Å². The molecule has 4 heteroatoms. The van der Waals surface area contributed by atoms with E-state index in [9.17, 15) is 9.90 Å². The van der Waals surface area contributed by atoms with E-state index in [1.54, 1.807) is 6.92 Å². The van der Waals surface area contributed by atoms with Crippen LogP contribution in [0.1, 0.15) is 30.9 Å². The predicted molar refractivity (Wildman–Crippen MR) is 73.4 cm³/mol. The summed E-state index contributed by atoms with van der Waals surface area (Å²) in [6.07, 6.45) is 1.79. The van der Waals surface area contributed by atoms with Crippen molar-refractivity contribution in [2.45, 2.75) is 26.2 Å². The third-order valence-corrected chi connectivity index (χ3v) is 3.92. The molecule has 1 atom stereocenters. The molecule has 2 rings (SSSR count). The van der Waals surface area contributed by atoms with E-state index in [0.29, 0.717) is 25.3 Å². The molecule has 0 bridgehead atoms. The number of carbonyl (C=O) groups excluding carboxylic acids is 1. The van der Waals surface area contributed by atoms with Crippen LogP contribution in [0.25, 0.3) is 0 Å². The number of fused-ring (bicyclic) bond motifs is 1. The molecule has 1 aromatic rings. The van der Waals surface area contributed by atoms with Crippen molar-refractivity contribution in [1.29, 1.82) is 0 Å². The molecule has 1 aliphatic rings. The van der Waals surface area contributed by atoms with Gasteiger partial charge in [0.2, 0.25) is 0 Å².